The summed E-state index contributed by atoms with van der Waals surface area (Å²) in [6, 6.07) is 12.9. The zero-order chi connectivity index (χ0) is 13.8. The van der Waals surface area contributed by atoms with E-state index in [1.54, 1.807) is 18.2 Å². The Balaban J connectivity index is 2.36. The van der Waals surface area contributed by atoms with Gasteiger partial charge in [-0.15, -0.1) is 0 Å². The average molecular weight is 296 g/mol. The van der Waals surface area contributed by atoms with Crippen LogP contribution in [-0.2, 0) is 0 Å². The highest BCUT2D eigenvalue weighted by molar-refractivity contribution is 6.42. The molecule has 0 amide bonds. The quantitative estimate of drug-likeness (QED) is 0.842. The van der Waals surface area contributed by atoms with E-state index in [4.69, 9.17) is 33.7 Å². The minimum Gasteiger partial charge on any atom is -0.455 e. The van der Waals surface area contributed by atoms with Crippen molar-refractivity contribution in [1.82, 2.24) is 0 Å². The molecule has 0 aliphatic heterocycles. The van der Waals surface area contributed by atoms with Gasteiger partial charge in [0.2, 0.25) is 0 Å². The van der Waals surface area contributed by atoms with Gasteiger partial charge >= 0.3 is 0 Å². The molecule has 2 N–H and O–H groups in total. The molecule has 2 rings (SSSR count). The van der Waals surface area contributed by atoms with Gasteiger partial charge in [-0.25, -0.2) is 0 Å². The van der Waals surface area contributed by atoms with Crippen molar-refractivity contribution < 1.29 is 4.74 Å². The van der Waals surface area contributed by atoms with Gasteiger partial charge in [0.1, 0.15) is 16.5 Å². The largest absolute Gasteiger partial charge is 0.455 e. The van der Waals surface area contributed by atoms with Gasteiger partial charge in [0, 0.05) is 11.6 Å². The number of para-hydroxylation sites is 1. The van der Waals surface area contributed by atoms with Crippen molar-refractivity contribution in [2.45, 2.75) is 19.4 Å². The summed E-state index contributed by atoms with van der Waals surface area (Å²) in [6.07, 6.45) is 0.837. The van der Waals surface area contributed by atoms with Crippen molar-refractivity contribution >= 4 is 23.2 Å². The molecule has 1 atom stereocenters. The first kappa shape index (κ1) is 14.2. The summed E-state index contributed by atoms with van der Waals surface area (Å²) in [5, 5.41) is 0.875. The van der Waals surface area contributed by atoms with Gasteiger partial charge < -0.3 is 10.5 Å². The first-order valence-electron chi connectivity index (χ1n) is 6.09. The molecule has 0 aromatic heterocycles. The Morgan fingerprint density at radius 2 is 1.74 bits per heavy atom. The van der Waals surface area contributed by atoms with Crippen LogP contribution in [0.25, 0.3) is 0 Å². The molecule has 2 aromatic carbocycles. The fourth-order valence-corrected chi connectivity index (χ4v) is 2.11. The summed E-state index contributed by atoms with van der Waals surface area (Å²) < 4.78 is 5.85. The molecule has 2 aromatic rings. The van der Waals surface area contributed by atoms with Crippen LogP contribution in [-0.4, -0.2) is 0 Å². The number of ether oxygens (including phenoxy) is 1. The summed E-state index contributed by atoms with van der Waals surface area (Å²) in [5.41, 5.74) is 7.04. The first-order valence-corrected chi connectivity index (χ1v) is 6.85. The van der Waals surface area contributed by atoms with E-state index in [2.05, 4.69) is 0 Å². The van der Waals surface area contributed by atoms with Gasteiger partial charge in [0.15, 0.2) is 0 Å². The summed E-state index contributed by atoms with van der Waals surface area (Å²) in [4.78, 5) is 0. The molecule has 2 nitrogen and oxygen atoms in total. The Labute approximate surface area is 123 Å². The Morgan fingerprint density at radius 3 is 2.47 bits per heavy atom. The molecule has 0 spiro atoms. The molecular formula is C15H15Cl2NO. The third-order valence-corrected chi connectivity index (χ3v) is 3.70. The number of hydrogen-bond acceptors (Lipinski definition) is 2. The topological polar surface area (TPSA) is 35.2 Å². The summed E-state index contributed by atoms with van der Waals surface area (Å²) >= 11 is 12.1. The van der Waals surface area contributed by atoms with Gasteiger partial charge in [-0.2, -0.15) is 0 Å². The average Bonchev–Trinajstić information content (AvgIpc) is 2.43. The maximum atomic E-state index is 6.12. The molecule has 0 radical (unpaired) electrons. The van der Waals surface area contributed by atoms with E-state index < -0.39 is 0 Å². The SMILES string of the molecule is CC[C@@H](N)c1ccccc1Oc1cccc(Cl)c1Cl. The van der Waals surface area contributed by atoms with E-state index >= 15 is 0 Å². The monoisotopic (exact) mass is 295 g/mol. The maximum Gasteiger partial charge on any atom is 0.147 e. The molecule has 0 saturated carbocycles. The van der Waals surface area contributed by atoms with Crippen LogP contribution in [0.3, 0.4) is 0 Å². The molecule has 100 valence electrons. The van der Waals surface area contributed by atoms with E-state index in [1.807, 2.05) is 31.2 Å². The van der Waals surface area contributed by atoms with E-state index in [1.165, 1.54) is 0 Å². The lowest BCUT2D eigenvalue weighted by Gasteiger charge is -2.16. The fourth-order valence-electron chi connectivity index (χ4n) is 1.78. The number of benzene rings is 2. The highest BCUT2D eigenvalue weighted by Crippen LogP contribution is 2.36. The molecule has 0 bridgehead atoms. The third kappa shape index (κ3) is 3.21. The van der Waals surface area contributed by atoms with Crippen LogP contribution in [0.1, 0.15) is 24.9 Å². The fraction of sp³-hybridized carbons (Fsp3) is 0.200. The molecule has 0 heterocycles. The predicted octanol–water partition coefficient (Wildman–Crippen LogP) is 5.20. The maximum absolute atomic E-state index is 6.12. The number of halogens is 2. The van der Waals surface area contributed by atoms with E-state index in [-0.39, 0.29) is 6.04 Å². The van der Waals surface area contributed by atoms with Gasteiger partial charge in [-0.1, -0.05) is 54.4 Å². The summed E-state index contributed by atoms with van der Waals surface area (Å²) in [5.74, 6) is 1.24. The van der Waals surface area contributed by atoms with Crippen LogP contribution in [0.15, 0.2) is 42.5 Å². The predicted molar refractivity (Wildman–Crippen MR) is 80.2 cm³/mol. The van der Waals surface area contributed by atoms with Crippen LogP contribution < -0.4 is 10.5 Å². The molecule has 0 aliphatic carbocycles. The van der Waals surface area contributed by atoms with Crippen molar-refractivity contribution in [2.75, 3.05) is 0 Å². The molecule has 0 fully saturated rings. The molecule has 0 saturated heterocycles. The van der Waals surface area contributed by atoms with Gasteiger partial charge in [-0.05, 0) is 24.6 Å². The van der Waals surface area contributed by atoms with E-state index in [0.717, 1.165) is 12.0 Å². The number of rotatable bonds is 4. The second kappa shape index (κ2) is 6.29. The van der Waals surface area contributed by atoms with Crippen molar-refractivity contribution in [1.29, 1.82) is 0 Å². The second-order valence-corrected chi connectivity index (χ2v) is 4.99. The number of nitrogens with two attached hydrogens (primary N) is 1. The van der Waals surface area contributed by atoms with Crippen LogP contribution in [0.4, 0.5) is 0 Å². The van der Waals surface area contributed by atoms with Crippen molar-refractivity contribution in [3.05, 3.63) is 58.1 Å². The minimum absolute atomic E-state index is 0.0610. The van der Waals surface area contributed by atoms with Crippen molar-refractivity contribution in [3.63, 3.8) is 0 Å². The van der Waals surface area contributed by atoms with Crippen molar-refractivity contribution in [2.24, 2.45) is 5.73 Å². The van der Waals surface area contributed by atoms with E-state index in [9.17, 15) is 0 Å². The Bertz CT molecular complexity index is 572. The Kier molecular flexibility index (Phi) is 4.70. The van der Waals surface area contributed by atoms with Crippen LogP contribution in [0.5, 0.6) is 11.5 Å². The molecular weight excluding hydrogens is 281 g/mol. The zero-order valence-electron chi connectivity index (χ0n) is 10.6. The lowest BCUT2D eigenvalue weighted by molar-refractivity contribution is 0.469. The van der Waals surface area contributed by atoms with Crippen LogP contribution in [0.2, 0.25) is 10.0 Å². The van der Waals surface area contributed by atoms with E-state index in [0.29, 0.717) is 21.5 Å². The van der Waals surface area contributed by atoms with Crippen LogP contribution in [0, 0.1) is 0 Å². The lowest BCUT2D eigenvalue weighted by atomic mass is 10.0. The molecule has 0 aliphatic rings. The molecule has 0 unspecified atom stereocenters. The summed E-state index contributed by atoms with van der Waals surface area (Å²) in [7, 11) is 0. The number of hydrogen-bond donors (Lipinski definition) is 1. The summed E-state index contributed by atoms with van der Waals surface area (Å²) in [6.45, 7) is 2.04. The normalized spacial score (nSPS) is 12.2. The molecule has 4 heteroatoms. The zero-order valence-corrected chi connectivity index (χ0v) is 12.1. The Morgan fingerprint density at radius 1 is 1.05 bits per heavy atom. The highest BCUT2D eigenvalue weighted by atomic mass is 35.5. The standard InChI is InChI=1S/C15H15Cl2NO/c1-2-12(18)10-6-3-4-8-13(10)19-14-9-5-7-11(16)15(14)17/h3-9,12H,2,18H2,1H3/t12-/m1/s1. The minimum atomic E-state index is -0.0610. The molecule has 19 heavy (non-hydrogen) atoms. The second-order valence-electron chi connectivity index (χ2n) is 4.21. The third-order valence-electron chi connectivity index (χ3n) is 2.89. The lowest BCUT2D eigenvalue weighted by Crippen LogP contribution is -2.09. The van der Waals surface area contributed by atoms with Gasteiger partial charge in [0.25, 0.3) is 0 Å². The van der Waals surface area contributed by atoms with Crippen LogP contribution >= 0.6 is 23.2 Å². The Hall–Kier alpha value is -1.22. The highest BCUT2D eigenvalue weighted by Gasteiger charge is 2.12. The first-order chi connectivity index (χ1) is 9.13. The smallest absolute Gasteiger partial charge is 0.147 e. The van der Waals surface area contributed by atoms with Crippen molar-refractivity contribution in [3.8, 4) is 11.5 Å². The van der Waals surface area contributed by atoms with Gasteiger partial charge in [-0.3, -0.25) is 0 Å². The van der Waals surface area contributed by atoms with Gasteiger partial charge in [0.05, 0.1) is 5.02 Å².